The van der Waals surface area contributed by atoms with Crippen LogP contribution in [0.25, 0.3) is 0 Å². The molecule has 1 fully saturated rings. The lowest BCUT2D eigenvalue weighted by molar-refractivity contribution is -0.163. The molecule has 0 N–H and O–H groups in total. The van der Waals surface area contributed by atoms with Crippen LogP contribution in [0, 0.1) is 23.7 Å². The normalized spacial score (nSPS) is 19.8. The highest BCUT2D eigenvalue weighted by molar-refractivity contribution is 5.82. The van der Waals surface area contributed by atoms with Gasteiger partial charge >= 0.3 is 11.9 Å². The zero-order chi connectivity index (χ0) is 20.8. The van der Waals surface area contributed by atoms with Crippen LogP contribution in [-0.2, 0) is 19.1 Å². The maximum atomic E-state index is 12.5. The third kappa shape index (κ3) is 11.1. The first-order valence-electron chi connectivity index (χ1n) is 11.7. The van der Waals surface area contributed by atoms with Gasteiger partial charge in [0.2, 0.25) is 0 Å². The van der Waals surface area contributed by atoms with E-state index in [9.17, 15) is 9.59 Å². The van der Waals surface area contributed by atoms with E-state index in [0.29, 0.717) is 19.1 Å². The van der Waals surface area contributed by atoms with E-state index in [1.165, 1.54) is 19.3 Å². The van der Waals surface area contributed by atoms with Gasteiger partial charge < -0.3 is 9.47 Å². The van der Waals surface area contributed by atoms with Crippen LogP contribution in [0.5, 0.6) is 0 Å². The second-order valence-electron chi connectivity index (χ2n) is 9.32. The number of ether oxygens (including phenoxy) is 2. The Hall–Kier alpha value is -1.06. The van der Waals surface area contributed by atoms with E-state index in [4.69, 9.17) is 9.47 Å². The molecule has 0 spiro atoms. The Labute approximate surface area is 173 Å². The molecule has 0 bridgehead atoms. The summed E-state index contributed by atoms with van der Waals surface area (Å²) in [4.78, 5) is 25.0. The van der Waals surface area contributed by atoms with Crippen molar-refractivity contribution in [3.05, 3.63) is 0 Å². The van der Waals surface area contributed by atoms with E-state index in [1.54, 1.807) is 0 Å². The van der Waals surface area contributed by atoms with Gasteiger partial charge in [0.25, 0.3) is 0 Å². The molecule has 1 aliphatic rings. The Morgan fingerprint density at radius 1 is 0.679 bits per heavy atom. The molecule has 4 heteroatoms. The van der Waals surface area contributed by atoms with Crippen LogP contribution >= 0.6 is 0 Å². The molecule has 4 nitrogen and oxygen atoms in total. The minimum atomic E-state index is -0.308. The number of rotatable bonds is 14. The Morgan fingerprint density at radius 3 is 1.54 bits per heavy atom. The van der Waals surface area contributed by atoms with Crippen molar-refractivity contribution in [3.8, 4) is 0 Å². The fraction of sp³-hybridized carbons (Fsp3) is 0.917. The summed E-state index contributed by atoms with van der Waals surface area (Å²) in [5.41, 5.74) is 0. The van der Waals surface area contributed by atoms with Crippen LogP contribution in [-0.4, -0.2) is 25.2 Å². The number of carbonyl (C=O) groups is 2. The van der Waals surface area contributed by atoms with E-state index < -0.39 is 0 Å². The standard InChI is InChI=1S/C24H44O4/c1-19(2)13-7-5-6-11-17-27-23(25)21-15-8-9-16-22(21)24(26)28-18-12-10-14-20(3)4/h19-22H,5-18H2,1-4H3. The van der Waals surface area contributed by atoms with Crippen LogP contribution in [0.4, 0.5) is 0 Å². The number of hydrogen-bond donors (Lipinski definition) is 0. The molecule has 1 saturated carbocycles. The molecule has 1 rings (SSSR count). The van der Waals surface area contributed by atoms with Crippen molar-refractivity contribution in [2.45, 2.75) is 105 Å². The monoisotopic (exact) mass is 396 g/mol. The van der Waals surface area contributed by atoms with E-state index in [1.807, 2.05) is 0 Å². The highest BCUT2D eigenvalue weighted by Gasteiger charge is 2.37. The summed E-state index contributed by atoms with van der Waals surface area (Å²) in [5, 5.41) is 0. The lowest BCUT2D eigenvalue weighted by Gasteiger charge is -2.28. The van der Waals surface area contributed by atoms with Crippen molar-refractivity contribution in [3.63, 3.8) is 0 Å². The molecule has 2 unspecified atom stereocenters. The van der Waals surface area contributed by atoms with Crippen LogP contribution < -0.4 is 0 Å². The predicted molar refractivity (Wildman–Crippen MR) is 114 cm³/mol. The molecule has 1 aliphatic carbocycles. The van der Waals surface area contributed by atoms with Crippen molar-refractivity contribution in [2.24, 2.45) is 23.7 Å². The highest BCUT2D eigenvalue weighted by Crippen LogP contribution is 2.32. The molecule has 28 heavy (non-hydrogen) atoms. The maximum absolute atomic E-state index is 12.5. The van der Waals surface area contributed by atoms with Gasteiger partial charge in [-0.1, -0.05) is 72.6 Å². The summed E-state index contributed by atoms with van der Waals surface area (Å²) < 4.78 is 11.0. The summed E-state index contributed by atoms with van der Waals surface area (Å²) in [7, 11) is 0. The lowest BCUT2D eigenvalue weighted by atomic mass is 9.79. The molecule has 0 amide bonds. The average molecular weight is 397 g/mol. The van der Waals surface area contributed by atoms with Gasteiger partial charge in [0.05, 0.1) is 25.0 Å². The highest BCUT2D eigenvalue weighted by atomic mass is 16.5. The summed E-state index contributed by atoms with van der Waals surface area (Å²) in [5.74, 6) is 0.443. The van der Waals surface area contributed by atoms with Crippen molar-refractivity contribution in [1.29, 1.82) is 0 Å². The Kier molecular flexibility index (Phi) is 13.3. The van der Waals surface area contributed by atoms with Crippen molar-refractivity contribution >= 4 is 11.9 Å². The zero-order valence-electron chi connectivity index (χ0n) is 18.8. The van der Waals surface area contributed by atoms with E-state index >= 15 is 0 Å². The number of carbonyl (C=O) groups excluding carboxylic acids is 2. The fourth-order valence-electron chi connectivity index (χ4n) is 3.92. The molecule has 0 aromatic heterocycles. The van der Waals surface area contributed by atoms with Crippen molar-refractivity contribution < 1.29 is 19.1 Å². The third-order valence-electron chi connectivity index (χ3n) is 5.71. The fourth-order valence-corrected chi connectivity index (χ4v) is 3.92. The van der Waals surface area contributed by atoms with Gasteiger partial charge in [-0.25, -0.2) is 0 Å². The second-order valence-corrected chi connectivity index (χ2v) is 9.32. The number of unbranched alkanes of at least 4 members (excludes halogenated alkanes) is 4. The van der Waals surface area contributed by atoms with Crippen LogP contribution in [0.3, 0.4) is 0 Å². The molecular weight excluding hydrogens is 352 g/mol. The van der Waals surface area contributed by atoms with E-state index in [2.05, 4.69) is 27.7 Å². The van der Waals surface area contributed by atoms with Crippen LogP contribution in [0.2, 0.25) is 0 Å². The largest absolute Gasteiger partial charge is 0.465 e. The van der Waals surface area contributed by atoms with Gasteiger partial charge in [-0.15, -0.1) is 0 Å². The molecule has 0 radical (unpaired) electrons. The first-order valence-corrected chi connectivity index (χ1v) is 11.7. The van der Waals surface area contributed by atoms with Crippen LogP contribution in [0.1, 0.15) is 105 Å². The Bertz CT molecular complexity index is 430. The molecular formula is C24H44O4. The smallest absolute Gasteiger partial charge is 0.309 e. The zero-order valence-corrected chi connectivity index (χ0v) is 18.8. The number of hydrogen-bond acceptors (Lipinski definition) is 4. The van der Waals surface area contributed by atoms with Gasteiger partial charge in [0, 0.05) is 0 Å². The summed E-state index contributed by atoms with van der Waals surface area (Å²) >= 11 is 0. The predicted octanol–water partition coefficient (Wildman–Crippen LogP) is 6.31. The quantitative estimate of drug-likeness (QED) is 0.255. The first-order chi connectivity index (χ1) is 13.4. The molecule has 0 aromatic carbocycles. The summed E-state index contributed by atoms with van der Waals surface area (Å²) in [6.45, 7) is 9.86. The Balaban J connectivity index is 2.26. The molecule has 0 aliphatic heterocycles. The second kappa shape index (κ2) is 14.9. The lowest BCUT2D eigenvalue weighted by Crippen LogP contribution is -2.35. The summed E-state index contributed by atoms with van der Waals surface area (Å²) in [6, 6.07) is 0. The Morgan fingerprint density at radius 2 is 1.07 bits per heavy atom. The van der Waals surface area contributed by atoms with Gasteiger partial charge in [0.15, 0.2) is 0 Å². The van der Waals surface area contributed by atoms with Gasteiger partial charge in [-0.2, -0.15) is 0 Å². The van der Waals surface area contributed by atoms with Crippen molar-refractivity contribution in [2.75, 3.05) is 13.2 Å². The SMILES string of the molecule is CC(C)CCCCCCOC(=O)C1CCCCC1C(=O)OCCCCC(C)C. The van der Waals surface area contributed by atoms with Crippen LogP contribution in [0.15, 0.2) is 0 Å². The average Bonchev–Trinajstić information content (AvgIpc) is 2.66. The first kappa shape index (κ1) is 25.0. The van der Waals surface area contributed by atoms with Crippen molar-refractivity contribution in [1.82, 2.24) is 0 Å². The summed E-state index contributed by atoms with van der Waals surface area (Å²) in [6.07, 6.45) is 12.4. The van der Waals surface area contributed by atoms with E-state index in [0.717, 1.165) is 63.7 Å². The third-order valence-corrected chi connectivity index (χ3v) is 5.71. The topological polar surface area (TPSA) is 52.6 Å². The molecule has 2 atom stereocenters. The molecule has 0 saturated heterocycles. The van der Waals surface area contributed by atoms with E-state index in [-0.39, 0.29) is 23.8 Å². The van der Waals surface area contributed by atoms with Gasteiger partial charge in [-0.05, 0) is 43.9 Å². The minimum absolute atomic E-state index is 0.191. The van der Waals surface area contributed by atoms with Gasteiger partial charge in [-0.3, -0.25) is 9.59 Å². The number of esters is 2. The van der Waals surface area contributed by atoms with Gasteiger partial charge in [0.1, 0.15) is 0 Å². The molecule has 164 valence electrons. The molecule has 0 heterocycles. The maximum Gasteiger partial charge on any atom is 0.309 e. The minimum Gasteiger partial charge on any atom is -0.465 e. The molecule has 0 aromatic rings.